The Hall–Kier alpha value is -1.40. The SMILES string of the molecule is O=C(Cc1ccc(Br)cc1)N/N=C\c1ccc(Br)o1. The monoisotopic (exact) mass is 384 g/mol. The molecule has 0 atom stereocenters. The van der Waals surface area contributed by atoms with Crippen molar-refractivity contribution < 1.29 is 9.21 Å². The van der Waals surface area contributed by atoms with Crippen LogP contribution in [0.2, 0.25) is 0 Å². The number of hydrogen-bond acceptors (Lipinski definition) is 3. The van der Waals surface area contributed by atoms with Gasteiger partial charge < -0.3 is 4.42 Å². The first kappa shape index (κ1) is 14.0. The first-order valence-electron chi connectivity index (χ1n) is 5.45. The van der Waals surface area contributed by atoms with E-state index in [1.165, 1.54) is 6.21 Å². The highest BCUT2D eigenvalue weighted by Gasteiger charge is 2.02. The van der Waals surface area contributed by atoms with Gasteiger partial charge in [-0.2, -0.15) is 5.10 Å². The summed E-state index contributed by atoms with van der Waals surface area (Å²) in [4.78, 5) is 11.6. The molecule has 0 unspecified atom stereocenters. The number of rotatable bonds is 4. The van der Waals surface area contributed by atoms with E-state index in [1.54, 1.807) is 12.1 Å². The van der Waals surface area contributed by atoms with Crippen LogP contribution in [0.4, 0.5) is 0 Å². The summed E-state index contributed by atoms with van der Waals surface area (Å²) in [5.41, 5.74) is 3.37. The number of nitrogens with zero attached hydrogens (tertiary/aromatic N) is 1. The van der Waals surface area contributed by atoms with E-state index in [0.717, 1.165) is 10.0 Å². The van der Waals surface area contributed by atoms with Gasteiger partial charge in [0, 0.05) is 4.47 Å². The van der Waals surface area contributed by atoms with E-state index in [2.05, 4.69) is 42.4 Å². The molecule has 1 N–H and O–H groups in total. The van der Waals surface area contributed by atoms with Crippen molar-refractivity contribution in [3.05, 3.63) is 56.9 Å². The van der Waals surface area contributed by atoms with Gasteiger partial charge in [0.1, 0.15) is 5.76 Å². The van der Waals surface area contributed by atoms with Crippen molar-refractivity contribution in [1.82, 2.24) is 5.43 Å². The van der Waals surface area contributed by atoms with Gasteiger partial charge in [0.25, 0.3) is 0 Å². The van der Waals surface area contributed by atoms with Crippen LogP contribution in [0.1, 0.15) is 11.3 Å². The Kier molecular flexibility index (Phi) is 4.93. The lowest BCUT2D eigenvalue weighted by atomic mass is 10.1. The highest BCUT2D eigenvalue weighted by Crippen LogP contribution is 2.12. The van der Waals surface area contributed by atoms with Crippen LogP contribution in [-0.4, -0.2) is 12.1 Å². The zero-order valence-electron chi connectivity index (χ0n) is 9.77. The summed E-state index contributed by atoms with van der Waals surface area (Å²) in [6.07, 6.45) is 1.73. The lowest BCUT2D eigenvalue weighted by Gasteiger charge is -2.00. The van der Waals surface area contributed by atoms with Gasteiger partial charge in [0.05, 0.1) is 12.6 Å². The third kappa shape index (κ3) is 4.65. The quantitative estimate of drug-likeness (QED) is 0.646. The molecule has 0 bridgehead atoms. The molecule has 0 aliphatic heterocycles. The average Bonchev–Trinajstić information content (AvgIpc) is 2.78. The van der Waals surface area contributed by atoms with Crippen LogP contribution in [0.15, 0.2) is 55.1 Å². The first-order valence-corrected chi connectivity index (χ1v) is 7.04. The molecule has 2 rings (SSSR count). The predicted octanol–water partition coefficient (Wildman–Crippen LogP) is 3.50. The standard InChI is InChI=1S/C13H10Br2N2O2/c14-10-3-1-9(2-4-10)7-13(18)17-16-8-11-5-6-12(15)19-11/h1-6,8H,7H2,(H,17,18)/b16-8-. The van der Waals surface area contributed by atoms with E-state index in [4.69, 9.17) is 4.42 Å². The van der Waals surface area contributed by atoms with Gasteiger partial charge in [-0.25, -0.2) is 5.43 Å². The molecule has 0 radical (unpaired) electrons. The Bertz CT molecular complexity index is 591. The van der Waals surface area contributed by atoms with Crippen molar-refractivity contribution in [2.45, 2.75) is 6.42 Å². The fourth-order valence-corrected chi connectivity index (χ4v) is 1.98. The molecule has 1 aromatic heterocycles. The minimum absolute atomic E-state index is 0.177. The zero-order valence-corrected chi connectivity index (χ0v) is 12.9. The highest BCUT2D eigenvalue weighted by atomic mass is 79.9. The molecule has 1 aromatic carbocycles. The van der Waals surface area contributed by atoms with Gasteiger partial charge in [0.15, 0.2) is 4.67 Å². The number of carbonyl (C=O) groups is 1. The molecule has 0 saturated carbocycles. The van der Waals surface area contributed by atoms with Gasteiger partial charge in [0.2, 0.25) is 5.91 Å². The van der Waals surface area contributed by atoms with Crippen molar-refractivity contribution in [3.8, 4) is 0 Å². The second kappa shape index (κ2) is 6.68. The van der Waals surface area contributed by atoms with Crippen LogP contribution in [0.3, 0.4) is 0 Å². The summed E-state index contributed by atoms with van der Waals surface area (Å²) in [5.74, 6) is 0.389. The normalized spacial score (nSPS) is 10.8. The number of halogens is 2. The Morgan fingerprint density at radius 2 is 1.95 bits per heavy atom. The summed E-state index contributed by atoms with van der Waals surface area (Å²) in [6, 6.07) is 11.1. The second-order valence-corrected chi connectivity index (χ2v) is 5.44. The molecule has 1 heterocycles. The van der Waals surface area contributed by atoms with Crippen molar-refractivity contribution in [3.63, 3.8) is 0 Å². The van der Waals surface area contributed by atoms with Crippen molar-refractivity contribution in [2.24, 2.45) is 5.10 Å². The van der Waals surface area contributed by atoms with E-state index in [-0.39, 0.29) is 12.3 Å². The third-order valence-electron chi connectivity index (χ3n) is 2.25. The molecule has 0 saturated heterocycles. The van der Waals surface area contributed by atoms with Crippen molar-refractivity contribution in [2.75, 3.05) is 0 Å². The van der Waals surface area contributed by atoms with E-state index in [1.807, 2.05) is 24.3 Å². The molecule has 0 fully saturated rings. The largest absolute Gasteiger partial charge is 0.448 e. The second-order valence-electron chi connectivity index (χ2n) is 3.74. The van der Waals surface area contributed by atoms with E-state index >= 15 is 0 Å². The lowest BCUT2D eigenvalue weighted by Crippen LogP contribution is -2.19. The molecule has 1 amide bonds. The molecule has 6 heteroatoms. The number of amides is 1. The van der Waals surface area contributed by atoms with Gasteiger partial charge in [-0.3, -0.25) is 4.79 Å². The maximum atomic E-state index is 11.6. The number of hydrazone groups is 1. The molecule has 0 aliphatic carbocycles. The number of carbonyl (C=O) groups excluding carboxylic acids is 1. The minimum Gasteiger partial charge on any atom is -0.448 e. The Morgan fingerprint density at radius 3 is 2.58 bits per heavy atom. The lowest BCUT2D eigenvalue weighted by molar-refractivity contribution is -0.120. The molecule has 4 nitrogen and oxygen atoms in total. The zero-order chi connectivity index (χ0) is 13.7. The number of benzene rings is 1. The van der Waals surface area contributed by atoms with Crippen LogP contribution in [0.5, 0.6) is 0 Å². The summed E-state index contributed by atoms with van der Waals surface area (Å²) in [6.45, 7) is 0. The van der Waals surface area contributed by atoms with E-state index in [0.29, 0.717) is 10.4 Å². The molecular weight excluding hydrogens is 376 g/mol. The number of hydrogen-bond donors (Lipinski definition) is 1. The van der Waals surface area contributed by atoms with Crippen LogP contribution in [0.25, 0.3) is 0 Å². The Labute approximate surface area is 127 Å². The molecule has 19 heavy (non-hydrogen) atoms. The molecular formula is C13H10Br2N2O2. The Balaban J connectivity index is 1.84. The molecule has 0 aliphatic rings. The summed E-state index contributed by atoms with van der Waals surface area (Å²) in [5, 5.41) is 3.82. The summed E-state index contributed by atoms with van der Waals surface area (Å²) < 4.78 is 6.81. The van der Waals surface area contributed by atoms with Crippen molar-refractivity contribution in [1.29, 1.82) is 0 Å². The fraction of sp³-hybridized carbons (Fsp3) is 0.0769. The van der Waals surface area contributed by atoms with Crippen LogP contribution in [-0.2, 0) is 11.2 Å². The average molecular weight is 386 g/mol. The first-order chi connectivity index (χ1) is 9.13. The summed E-state index contributed by atoms with van der Waals surface area (Å²) in [7, 11) is 0. The minimum atomic E-state index is -0.177. The topological polar surface area (TPSA) is 54.6 Å². The summed E-state index contributed by atoms with van der Waals surface area (Å²) >= 11 is 6.53. The van der Waals surface area contributed by atoms with Crippen molar-refractivity contribution >= 4 is 44.0 Å². The maximum Gasteiger partial charge on any atom is 0.244 e. The van der Waals surface area contributed by atoms with Gasteiger partial charge in [-0.15, -0.1) is 0 Å². The van der Waals surface area contributed by atoms with E-state index < -0.39 is 0 Å². The Morgan fingerprint density at radius 1 is 1.21 bits per heavy atom. The number of nitrogens with one attached hydrogen (secondary N) is 1. The fourth-order valence-electron chi connectivity index (χ4n) is 1.39. The van der Waals surface area contributed by atoms with Crippen LogP contribution in [0, 0.1) is 0 Å². The maximum absolute atomic E-state index is 11.6. The smallest absolute Gasteiger partial charge is 0.244 e. The van der Waals surface area contributed by atoms with Crippen LogP contribution < -0.4 is 5.43 Å². The molecule has 0 spiro atoms. The van der Waals surface area contributed by atoms with Crippen LogP contribution >= 0.6 is 31.9 Å². The molecule has 98 valence electrons. The highest BCUT2D eigenvalue weighted by molar-refractivity contribution is 9.10. The molecule has 2 aromatic rings. The predicted molar refractivity (Wildman–Crippen MR) is 80.0 cm³/mol. The van der Waals surface area contributed by atoms with Gasteiger partial charge >= 0.3 is 0 Å². The van der Waals surface area contributed by atoms with Gasteiger partial charge in [-0.1, -0.05) is 28.1 Å². The number of furan rings is 1. The van der Waals surface area contributed by atoms with Gasteiger partial charge in [-0.05, 0) is 45.8 Å². The van der Waals surface area contributed by atoms with E-state index in [9.17, 15) is 4.79 Å². The third-order valence-corrected chi connectivity index (χ3v) is 3.21.